The van der Waals surface area contributed by atoms with Crippen molar-refractivity contribution in [3.8, 4) is 5.75 Å². The fraction of sp³-hybridized carbons (Fsp3) is 0.208. The molecule has 0 bridgehead atoms. The molecule has 3 rings (SSSR count). The van der Waals surface area contributed by atoms with E-state index in [4.69, 9.17) is 4.74 Å². The maximum Gasteiger partial charge on any atom is 0.418 e. The lowest BCUT2D eigenvalue weighted by Gasteiger charge is -2.25. The third-order valence-corrected chi connectivity index (χ3v) is 6.02. The van der Waals surface area contributed by atoms with Crippen LogP contribution >= 0.6 is 0 Å². The molecular weight excluding hydrogens is 488 g/mol. The summed E-state index contributed by atoms with van der Waals surface area (Å²) in [5, 5.41) is 2.65. The third-order valence-electron chi connectivity index (χ3n) is 4.89. The number of amides is 1. The molecule has 0 unspecified atom stereocenters. The molecule has 0 aromatic heterocycles. The van der Waals surface area contributed by atoms with Crippen molar-refractivity contribution < 1.29 is 35.5 Å². The van der Waals surface area contributed by atoms with E-state index in [1.165, 1.54) is 60.7 Å². The lowest BCUT2D eigenvalue weighted by molar-refractivity contribution is -0.137. The van der Waals surface area contributed by atoms with Crippen LogP contribution < -0.4 is 14.4 Å². The van der Waals surface area contributed by atoms with Crippen molar-refractivity contribution >= 4 is 21.6 Å². The fourth-order valence-electron chi connectivity index (χ4n) is 3.21. The normalized spacial score (nSPS) is 11.7. The number of halogens is 4. The zero-order valence-electron chi connectivity index (χ0n) is 18.5. The Morgan fingerprint density at radius 2 is 1.60 bits per heavy atom. The van der Waals surface area contributed by atoms with E-state index in [-0.39, 0.29) is 25.3 Å². The number of carbonyl (C=O) groups excluding carboxylic acids is 1. The van der Waals surface area contributed by atoms with Gasteiger partial charge in [-0.15, -0.1) is 0 Å². The summed E-state index contributed by atoms with van der Waals surface area (Å²) in [6, 6.07) is 15.7. The molecule has 1 N–H and O–H groups in total. The van der Waals surface area contributed by atoms with Gasteiger partial charge in [-0.2, -0.15) is 13.2 Å². The summed E-state index contributed by atoms with van der Waals surface area (Å²) < 4.78 is 83.9. The maximum atomic E-state index is 13.4. The molecular formula is C24H22F4N2O4S. The summed E-state index contributed by atoms with van der Waals surface area (Å²) in [7, 11) is -4.05. The topological polar surface area (TPSA) is 75.7 Å². The SMILES string of the molecule is CS(=O)(=O)N(Cc1ccc(C(=O)NCCOc2ccc(F)cc2)cc1)c1ccccc1C(F)(F)F. The Kier molecular flexibility index (Phi) is 8.00. The van der Waals surface area contributed by atoms with Crippen LogP contribution in [-0.2, 0) is 22.7 Å². The Morgan fingerprint density at radius 1 is 0.971 bits per heavy atom. The summed E-state index contributed by atoms with van der Waals surface area (Å²) in [5.74, 6) is -0.354. The van der Waals surface area contributed by atoms with Crippen molar-refractivity contribution in [3.05, 3.63) is 95.3 Å². The van der Waals surface area contributed by atoms with Gasteiger partial charge >= 0.3 is 6.18 Å². The van der Waals surface area contributed by atoms with Crippen LogP contribution in [0.1, 0.15) is 21.5 Å². The Labute approximate surface area is 200 Å². The van der Waals surface area contributed by atoms with Gasteiger partial charge in [-0.25, -0.2) is 12.8 Å². The van der Waals surface area contributed by atoms with Gasteiger partial charge in [0, 0.05) is 5.56 Å². The lowest BCUT2D eigenvalue weighted by Crippen LogP contribution is -2.31. The van der Waals surface area contributed by atoms with Crippen molar-refractivity contribution in [1.82, 2.24) is 5.32 Å². The minimum absolute atomic E-state index is 0.150. The van der Waals surface area contributed by atoms with Gasteiger partial charge in [-0.3, -0.25) is 9.10 Å². The van der Waals surface area contributed by atoms with E-state index in [1.807, 2.05) is 0 Å². The zero-order chi connectivity index (χ0) is 25.6. The quantitative estimate of drug-likeness (QED) is 0.337. The van der Waals surface area contributed by atoms with E-state index in [0.29, 0.717) is 15.6 Å². The van der Waals surface area contributed by atoms with E-state index in [0.717, 1.165) is 18.4 Å². The number of sulfonamides is 1. The summed E-state index contributed by atoms with van der Waals surface area (Å²) in [4.78, 5) is 12.3. The fourth-order valence-corrected chi connectivity index (χ4v) is 4.11. The second-order valence-corrected chi connectivity index (χ2v) is 9.45. The van der Waals surface area contributed by atoms with Crippen LogP contribution in [0.5, 0.6) is 5.75 Å². The predicted molar refractivity (Wildman–Crippen MR) is 123 cm³/mol. The van der Waals surface area contributed by atoms with E-state index in [2.05, 4.69) is 5.32 Å². The number of rotatable bonds is 9. The molecule has 35 heavy (non-hydrogen) atoms. The van der Waals surface area contributed by atoms with Crippen molar-refractivity contribution in [1.29, 1.82) is 0 Å². The van der Waals surface area contributed by atoms with Crippen LogP contribution in [0.4, 0.5) is 23.2 Å². The Balaban J connectivity index is 1.65. The molecule has 0 aliphatic rings. The first-order valence-corrected chi connectivity index (χ1v) is 12.2. The van der Waals surface area contributed by atoms with Gasteiger partial charge in [0.05, 0.1) is 30.6 Å². The van der Waals surface area contributed by atoms with Crippen molar-refractivity contribution in [2.24, 2.45) is 0 Å². The Bertz CT molecular complexity index is 1260. The molecule has 0 saturated carbocycles. The summed E-state index contributed by atoms with van der Waals surface area (Å²) in [6.07, 6.45) is -3.90. The Hall–Kier alpha value is -3.60. The van der Waals surface area contributed by atoms with Gasteiger partial charge in [-0.1, -0.05) is 24.3 Å². The molecule has 0 aliphatic carbocycles. The Morgan fingerprint density at radius 3 is 2.20 bits per heavy atom. The first-order chi connectivity index (χ1) is 16.4. The molecule has 0 heterocycles. The number of ether oxygens (including phenoxy) is 1. The summed E-state index contributed by atoms with van der Waals surface area (Å²) in [6.45, 7) is -0.0230. The highest BCUT2D eigenvalue weighted by Gasteiger charge is 2.36. The highest BCUT2D eigenvalue weighted by Crippen LogP contribution is 2.37. The smallest absolute Gasteiger partial charge is 0.418 e. The number of alkyl halides is 3. The molecule has 3 aromatic rings. The molecule has 0 aliphatic heterocycles. The second-order valence-electron chi connectivity index (χ2n) is 7.54. The number of benzene rings is 3. The number of carbonyl (C=O) groups is 1. The monoisotopic (exact) mass is 510 g/mol. The lowest BCUT2D eigenvalue weighted by atomic mass is 10.1. The van der Waals surface area contributed by atoms with Crippen molar-refractivity contribution in [2.45, 2.75) is 12.7 Å². The largest absolute Gasteiger partial charge is 0.492 e. The molecule has 6 nitrogen and oxygen atoms in total. The van der Waals surface area contributed by atoms with E-state index in [1.54, 1.807) is 0 Å². The molecule has 0 spiro atoms. The highest BCUT2D eigenvalue weighted by atomic mass is 32.2. The van der Waals surface area contributed by atoms with E-state index in [9.17, 15) is 30.8 Å². The minimum Gasteiger partial charge on any atom is -0.492 e. The van der Waals surface area contributed by atoms with Gasteiger partial charge in [0.1, 0.15) is 18.2 Å². The van der Waals surface area contributed by atoms with Gasteiger partial charge < -0.3 is 10.1 Å². The highest BCUT2D eigenvalue weighted by molar-refractivity contribution is 7.92. The van der Waals surface area contributed by atoms with E-state index >= 15 is 0 Å². The standard InChI is InChI=1S/C24H22F4N2O4S/c1-35(32,33)30(22-5-3-2-4-21(22)24(26,27)28)16-17-6-8-18(9-7-17)23(31)29-14-15-34-20-12-10-19(25)11-13-20/h2-13H,14-16H2,1H3,(H,29,31). The van der Waals surface area contributed by atoms with Gasteiger partial charge in [0.15, 0.2) is 0 Å². The van der Waals surface area contributed by atoms with Crippen LogP contribution in [0, 0.1) is 5.82 Å². The van der Waals surface area contributed by atoms with Gasteiger partial charge in [0.2, 0.25) is 10.0 Å². The van der Waals surface area contributed by atoms with Crippen molar-refractivity contribution in [2.75, 3.05) is 23.7 Å². The number of nitrogens with zero attached hydrogens (tertiary/aromatic N) is 1. The van der Waals surface area contributed by atoms with Crippen LogP contribution in [0.3, 0.4) is 0 Å². The van der Waals surface area contributed by atoms with Crippen LogP contribution in [0.25, 0.3) is 0 Å². The third kappa shape index (κ3) is 7.19. The maximum absolute atomic E-state index is 13.4. The average molecular weight is 511 g/mol. The molecule has 0 atom stereocenters. The predicted octanol–water partition coefficient (Wildman–Crippen LogP) is 4.62. The first-order valence-electron chi connectivity index (χ1n) is 10.3. The zero-order valence-corrected chi connectivity index (χ0v) is 19.4. The number of hydrogen-bond acceptors (Lipinski definition) is 4. The molecule has 186 valence electrons. The van der Waals surface area contributed by atoms with Crippen LogP contribution in [0.15, 0.2) is 72.8 Å². The molecule has 0 saturated heterocycles. The van der Waals surface area contributed by atoms with Gasteiger partial charge in [0.25, 0.3) is 5.91 Å². The minimum atomic E-state index is -4.73. The second kappa shape index (κ2) is 10.8. The number of para-hydroxylation sites is 1. The summed E-state index contributed by atoms with van der Waals surface area (Å²) >= 11 is 0. The van der Waals surface area contributed by atoms with Crippen LogP contribution in [0.2, 0.25) is 0 Å². The van der Waals surface area contributed by atoms with E-state index < -0.39 is 39.2 Å². The number of hydrogen-bond donors (Lipinski definition) is 1. The van der Waals surface area contributed by atoms with Crippen LogP contribution in [-0.4, -0.2) is 33.7 Å². The molecule has 0 fully saturated rings. The number of anilines is 1. The average Bonchev–Trinajstić information content (AvgIpc) is 2.80. The van der Waals surface area contributed by atoms with Crippen molar-refractivity contribution in [3.63, 3.8) is 0 Å². The number of nitrogens with one attached hydrogen (secondary N) is 1. The molecule has 1 amide bonds. The molecule has 11 heteroatoms. The van der Waals surface area contributed by atoms with Gasteiger partial charge in [-0.05, 0) is 54.1 Å². The molecule has 0 radical (unpaired) electrons. The first kappa shape index (κ1) is 26.0. The summed E-state index contributed by atoms with van der Waals surface area (Å²) in [5.41, 5.74) is -0.879. The molecule has 3 aromatic carbocycles.